The van der Waals surface area contributed by atoms with Crippen LogP contribution in [-0.4, -0.2) is 12.5 Å². The van der Waals surface area contributed by atoms with Gasteiger partial charge >= 0.3 is 0 Å². The highest BCUT2D eigenvalue weighted by molar-refractivity contribution is 5.91. The van der Waals surface area contributed by atoms with Gasteiger partial charge in [-0.25, -0.2) is 0 Å². The number of aryl methyl sites for hydroxylation is 1. The summed E-state index contributed by atoms with van der Waals surface area (Å²) in [5, 5.41) is 6.37. The summed E-state index contributed by atoms with van der Waals surface area (Å²) < 4.78 is 0. The molecule has 0 fully saturated rings. The van der Waals surface area contributed by atoms with E-state index in [2.05, 4.69) is 68.7 Å². The van der Waals surface area contributed by atoms with Crippen LogP contribution in [0.25, 0.3) is 0 Å². The van der Waals surface area contributed by atoms with Crippen LogP contribution in [0.1, 0.15) is 43.9 Å². The summed E-state index contributed by atoms with van der Waals surface area (Å²) >= 11 is 0. The van der Waals surface area contributed by atoms with Crippen LogP contribution in [-0.2, 0) is 16.8 Å². The highest BCUT2D eigenvalue weighted by atomic mass is 16.1. The molecule has 0 aliphatic heterocycles. The van der Waals surface area contributed by atoms with E-state index < -0.39 is 0 Å². The van der Waals surface area contributed by atoms with E-state index in [-0.39, 0.29) is 11.3 Å². The summed E-state index contributed by atoms with van der Waals surface area (Å²) in [4.78, 5) is 12.2. The summed E-state index contributed by atoms with van der Waals surface area (Å²) in [6.45, 7) is 9.99. The lowest BCUT2D eigenvalue weighted by atomic mass is 9.86. The Morgan fingerprint density at radius 3 is 2.33 bits per heavy atom. The molecule has 0 unspecified atom stereocenters. The first-order chi connectivity index (χ1) is 11.4. The first kappa shape index (κ1) is 18.2. The summed E-state index contributed by atoms with van der Waals surface area (Å²) in [5.74, 6) is 0.0445. The van der Waals surface area contributed by atoms with Crippen LogP contribution in [0.5, 0.6) is 0 Å². The molecule has 0 saturated heterocycles. The van der Waals surface area contributed by atoms with Crippen LogP contribution in [0.15, 0.2) is 48.5 Å². The maximum absolute atomic E-state index is 12.2. The number of amides is 1. The van der Waals surface area contributed by atoms with E-state index >= 15 is 0 Å². The Labute approximate surface area is 145 Å². The molecule has 128 valence electrons. The van der Waals surface area contributed by atoms with Gasteiger partial charge in [0.2, 0.25) is 5.91 Å². The topological polar surface area (TPSA) is 41.1 Å². The molecule has 24 heavy (non-hydrogen) atoms. The summed E-state index contributed by atoms with van der Waals surface area (Å²) in [7, 11) is 0. The summed E-state index contributed by atoms with van der Waals surface area (Å²) in [6, 6.07) is 16.5. The van der Waals surface area contributed by atoms with Gasteiger partial charge in [0, 0.05) is 25.2 Å². The Morgan fingerprint density at radius 2 is 1.67 bits per heavy atom. The fourth-order valence-corrected chi connectivity index (χ4v) is 2.60. The van der Waals surface area contributed by atoms with Crippen molar-refractivity contribution in [1.29, 1.82) is 0 Å². The highest BCUT2D eigenvalue weighted by Gasteiger charge is 2.18. The van der Waals surface area contributed by atoms with E-state index in [4.69, 9.17) is 0 Å². The predicted molar refractivity (Wildman–Crippen MR) is 101 cm³/mol. The Kier molecular flexibility index (Phi) is 6.16. The lowest BCUT2D eigenvalue weighted by Gasteiger charge is -2.23. The van der Waals surface area contributed by atoms with Crippen molar-refractivity contribution in [3.8, 4) is 0 Å². The van der Waals surface area contributed by atoms with Gasteiger partial charge in [-0.3, -0.25) is 4.79 Å². The van der Waals surface area contributed by atoms with Crippen LogP contribution in [0.3, 0.4) is 0 Å². The summed E-state index contributed by atoms with van der Waals surface area (Å²) in [6.07, 6.45) is 0.463. The van der Waals surface area contributed by atoms with Crippen LogP contribution >= 0.6 is 0 Å². The molecule has 0 heterocycles. The van der Waals surface area contributed by atoms with Crippen molar-refractivity contribution in [3.05, 3.63) is 65.2 Å². The molecule has 0 saturated carbocycles. The minimum absolute atomic E-state index is 0.00750. The van der Waals surface area contributed by atoms with Crippen LogP contribution in [0.4, 0.5) is 5.69 Å². The van der Waals surface area contributed by atoms with Crippen LogP contribution in [0, 0.1) is 6.92 Å². The Morgan fingerprint density at radius 1 is 1.00 bits per heavy atom. The number of anilines is 1. The smallest absolute Gasteiger partial charge is 0.225 e. The number of para-hydroxylation sites is 1. The molecule has 3 heteroatoms. The number of carbonyl (C=O) groups excluding carboxylic acids is 1. The third-order valence-electron chi connectivity index (χ3n) is 3.99. The monoisotopic (exact) mass is 324 g/mol. The molecule has 0 atom stereocenters. The number of rotatable bonds is 6. The van der Waals surface area contributed by atoms with E-state index in [9.17, 15) is 4.79 Å². The molecular weight excluding hydrogens is 296 g/mol. The van der Waals surface area contributed by atoms with Gasteiger partial charge in [-0.05, 0) is 29.5 Å². The molecule has 0 aliphatic rings. The zero-order valence-electron chi connectivity index (χ0n) is 15.1. The fourth-order valence-electron chi connectivity index (χ4n) is 2.60. The van der Waals surface area contributed by atoms with Gasteiger partial charge in [0.1, 0.15) is 0 Å². The highest BCUT2D eigenvalue weighted by Crippen LogP contribution is 2.29. The second-order valence-electron chi connectivity index (χ2n) is 7.26. The van der Waals surface area contributed by atoms with Crippen molar-refractivity contribution in [2.45, 2.75) is 46.1 Å². The van der Waals surface area contributed by atoms with Crippen molar-refractivity contribution < 1.29 is 4.79 Å². The average Bonchev–Trinajstić information content (AvgIpc) is 2.53. The predicted octanol–water partition coefficient (Wildman–Crippen LogP) is 4.41. The minimum Gasteiger partial charge on any atom is -0.326 e. The van der Waals surface area contributed by atoms with Gasteiger partial charge in [-0.1, -0.05) is 68.8 Å². The SMILES string of the molecule is Cc1ccc(CNCCC(=O)Nc2ccccc2C(C)(C)C)cc1. The standard InChI is InChI=1S/C21H28N2O/c1-16-9-11-17(12-10-16)15-22-14-13-20(24)23-19-8-6-5-7-18(19)21(2,3)4/h5-12,22H,13-15H2,1-4H3,(H,23,24). The molecule has 0 radical (unpaired) electrons. The minimum atomic E-state index is 0.00750. The number of benzene rings is 2. The van der Waals surface area contributed by atoms with Crippen molar-refractivity contribution in [1.82, 2.24) is 5.32 Å². The third kappa shape index (κ3) is 5.50. The number of carbonyl (C=O) groups is 1. The maximum Gasteiger partial charge on any atom is 0.225 e. The number of hydrogen-bond acceptors (Lipinski definition) is 2. The van der Waals surface area contributed by atoms with Crippen LogP contribution in [0.2, 0.25) is 0 Å². The fraction of sp³-hybridized carbons (Fsp3) is 0.381. The third-order valence-corrected chi connectivity index (χ3v) is 3.99. The first-order valence-electron chi connectivity index (χ1n) is 8.52. The quantitative estimate of drug-likeness (QED) is 0.773. The van der Waals surface area contributed by atoms with E-state index in [1.165, 1.54) is 11.1 Å². The maximum atomic E-state index is 12.2. The van der Waals surface area contributed by atoms with Crippen molar-refractivity contribution in [2.75, 3.05) is 11.9 Å². The number of nitrogens with one attached hydrogen (secondary N) is 2. The van der Waals surface area contributed by atoms with E-state index in [1.54, 1.807) is 0 Å². The van der Waals surface area contributed by atoms with Gasteiger partial charge in [0.15, 0.2) is 0 Å². The molecule has 2 N–H and O–H groups in total. The van der Waals surface area contributed by atoms with Gasteiger partial charge in [-0.2, -0.15) is 0 Å². The second kappa shape index (κ2) is 8.11. The second-order valence-corrected chi connectivity index (χ2v) is 7.26. The van der Waals surface area contributed by atoms with Gasteiger partial charge in [0.25, 0.3) is 0 Å². The first-order valence-corrected chi connectivity index (χ1v) is 8.52. The molecule has 0 bridgehead atoms. The average molecular weight is 324 g/mol. The normalized spacial score (nSPS) is 11.3. The molecule has 2 aromatic rings. The molecule has 2 aromatic carbocycles. The Bertz CT molecular complexity index is 669. The Balaban J connectivity index is 1.81. The Hall–Kier alpha value is -2.13. The molecule has 3 nitrogen and oxygen atoms in total. The van der Waals surface area contributed by atoms with Gasteiger partial charge in [0.05, 0.1) is 0 Å². The van der Waals surface area contributed by atoms with Crippen molar-refractivity contribution in [3.63, 3.8) is 0 Å². The lowest BCUT2D eigenvalue weighted by molar-refractivity contribution is -0.116. The lowest BCUT2D eigenvalue weighted by Crippen LogP contribution is -2.23. The molecule has 0 aliphatic carbocycles. The number of hydrogen-bond donors (Lipinski definition) is 2. The van der Waals surface area contributed by atoms with E-state index in [0.29, 0.717) is 13.0 Å². The zero-order valence-corrected chi connectivity index (χ0v) is 15.1. The van der Waals surface area contributed by atoms with E-state index in [0.717, 1.165) is 17.8 Å². The van der Waals surface area contributed by atoms with Gasteiger partial charge < -0.3 is 10.6 Å². The zero-order chi connectivity index (χ0) is 17.6. The molecular formula is C21H28N2O. The van der Waals surface area contributed by atoms with Crippen molar-refractivity contribution in [2.24, 2.45) is 0 Å². The molecule has 0 aromatic heterocycles. The van der Waals surface area contributed by atoms with Crippen molar-refractivity contribution >= 4 is 11.6 Å². The largest absolute Gasteiger partial charge is 0.326 e. The van der Waals surface area contributed by atoms with E-state index in [1.807, 2.05) is 18.2 Å². The molecule has 1 amide bonds. The molecule has 0 spiro atoms. The summed E-state index contributed by atoms with van der Waals surface area (Å²) in [5.41, 5.74) is 4.57. The molecule has 2 rings (SSSR count). The van der Waals surface area contributed by atoms with Crippen LogP contribution < -0.4 is 10.6 Å². The van der Waals surface area contributed by atoms with Gasteiger partial charge in [-0.15, -0.1) is 0 Å².